The number of carbonyl (C=O) groups is 4. The molecule has 220 valence electrons. The number of ether oxygens (including phenoxy) is 4. The maximum atomic E-state index is 11.2. The third-order valence-corrected chi connectivity index (χ3v) is 13.7. The first-order valence-electron chi connectivity index (χ1n) is 13.5. The van der Waals surface area contributed by atoms with E-state index in [2.05, 4.69) is 24.3 Å². The van der Waals surface area contributed by atoms with Crippen LogP contribution in [-0.4, -0.2) is 99.6 Å². The van der Waals surface area contributed by atoms with Crippen LogP contribution in [0.2, 0.25) is 0 Å². The first-order chi connectivity index (χ1) is 18.7. The average molecular weight is 603 g/mol. The smallest absolute Gasteiger partial charge is 0.302 e. The van der Waals surface area contributed by atoms with Crippen molar-refractivity contribution in [3.8, 4) is 0 Å². The molecule has 0 heterocycles. The quantitative estimate of drug-likeness (QED) is 0.112. The van der Waals surface area contributed by atoms with E-state index in [1.165, 1.54) is 33.0 Å². The van der Waals surface area contributed by atoms with E-state index in [-0.39, 0.29) is 31.8 Å². The molecule has 1 rings (SSSR count). The molecule has 0 bridgehead atoms. The van der Waals surface area contributed by atoms with Gasteiger partial charge in [0, 0.05) is 52.3 Å². The molecule has 0 saturated heterocycles. The van der Waals surface area contributed by atoms with Crippen molar-refractivity contribution in [2.45, 2.75) is 40.5 Å². The monoisotopic (exact) mass is 602 g/mol. The molecule has 0 amide bonds. The van der Waals surface area contributed by atoms with Crippen LogP contribution in [0.3, 0.4) is 0 Å². The molecule has 1 aromatic carbocycles. The Labute approximate surface area is 237 Å². The van der Waals surface area contributed by atoms with Crippen LogP contribution < -0.4 is 5.30 Å². The Bertz CT molecular complexity index is 762. The van der Waals surface area contributed by atoms with Crippen LogP contribution in [0.15, 0.2) is 30.3 Å². The maximum Gasteiger partial charge on any atom is 0.302 e. The van der Waals surface area contributed by atoms with Crippen LogP contribution >= 0.6 is 23.8 Å². The lowest BCUT2D eigenvalue weighted by Crippen LogP contribution is -2.13. The molecule has 0 aromatic heterocycles. The zero-order valence-corrected chi connectivity index (χ0v) is 26.6. The molecule has 0 saturated carbocycles. The Hall–Kier alpha value is -1.61. The second kappa shape index (κ2) is 22.1. The van der Waals surface area contributed by atoms with E-state index in [1.54, 1.807) is 0 Å². The van der Waals surface area contributed by atoms with Crippen molar-refractivity contribution in [3.63, 3.8) is 0 Å². The number of esters is 4. The van der Waals surface area contributed by atoms with Crippen molar-refractivity contribution in [3.05, 3.63) is 30.3 Å². The van der Waals surface area contributed by atoms with Crippen molar-refractivity contribution < 1.29 is 38.1 Å². The summed E-state index contributed by atoms with van der Waals surface area (Å²) in [7, 11) is -1.12. The molecule has 8 nitrogen and oxygen atoms in total. The molecular weight excluding hydrogens is 557 g/mol. The average Bonchev–Trinajstić information content (AvgIpc) is 2.86. The van der Waals surface area contributed by atoms with Crippen molar-refractivity contribution in [2.75, 3.05) is 75.7 Å². The highest BCUT2D eigenvalue weighted by Gasteiger charge is 2.16. The predicted molar refractivity (Wildman–Crippen MR) is 162 cm³/mol. The van der Waals surface area contributed by atoms with Crippen LogP contribution in [0.4, 0.5) is 0 Å². The van der Waals surface area contributed by atoms with Crippen LogP contribution in [-0.2, 0) is 38.1 Å². The second-order valence-corrected chi connectivity index (χ2v) is 16.9. The fourth-order valence-electron chi connectivity index (χ4n) is 3.92. The number of benzene rings is 1. The summed E-state index contributed by atoms with van der Waals surface area (Å²) in [6.45, 7) is 7.36. The van der Waals surface area contributed by atoms with Gasteiger partial charge in [-0.15, -0.1) is 0 Å². The van der Waals surface area contributed by atoms with Gasteiger partial charge in [-0.1, -0.05) is 54.1 Å². The van der Waals surface area contributed by atoms with Crippen LogP contribution in [0, 0.1) is 0 Å². The molecule has 39 heavy (non-hydrogen) atoms. The van der Waals surface area contributed by atoms with Gasteiger partial charge in [-0.2, -0.15) is 0 Å². The molecule has 0 unspecified atom stereocenters. The van der Waals surface area contributed by atoms with Crippen molar-refractivity contribution >= 4 is 52.9 Å². The Morgan fingerprint density at radius 1 is 0.513 bits per heavy atom. The highest BCUT2D eigenvalue weighted by atomic mass is 31.1. The van der Waals surface area contributed by atoms with Crippen molar-refractivity contribution in [2.24, 2.45) is 0 Å². The standard InChI is InChI=1S/C28H45O8P3/c1-24(29)33-12-20-37(21-13-34-25(2)30)16-8-18-39(28-10-6-5-7-11-28)19-9-17-38(22-14-35-26(3)31)23-15-36-27(4)32/h5-7,10-11H,8-9,12-23H2,1-4H3. The van der Waals surface area contributed by atoms with E-state index in [0.717, 1.165) is 62.1 Å². The van der Waals surface area contributed by atoms with Gasteiger partial charge in [-0.3, -0.25) is 19.2 Å². The highest BCUT2D eigenvalue weighted by Crippen LogP contribution is 2.43. The summed E-state index contributed by atoms with van der Waals surface area (Å²) in [6, 6.07) is 10.7. The number of hydrogen-bond acceptors (Lipinski definition) is 8. The first kappa shape index (κ1) is 35.4. The fraction of sp³-hybridized carbons (Fsp3) is 0.643. The molecular formula is C28H45O8P3. The van der Waals surface area contributed by atoms with E-state index in [4.69, 9.17) is 18.9 Å². The van der Waals surface area contributed by atoms with E-state index < -0.39 is 15.8 Å². The largest absolute Gasteiger partial charge is 0.466 e. The number of carbonyl (C=O) groups excluding carboxylic acids is 4. The van der Waals surface area contributed by atoms with Gasteiger partial charge >= 0.3 is 23.9 Å². The van der Waals surface area contributed by atoms with Gasteiger partial charge in [0.05, 0.1) is 26.4 Å². The maximum absolute atomic E-state index is 11.2. The summed E-state index contributed by atoms with van der Waals surface area (Å²) in [5, 5.41) is 1.40. The number of rotatable bonds is 21. The van der Waals surface area contributed by atoms with Gasteiger partial charge in [-0.05, 0) is 42.8 Å². The normalized spacial score (nSPS) is 11.1. The van der Waals surface area contributed by atoms with E-state index >= 15 is 0 Å². The molecule has 0 N–H and O–H groups in total. The molecule has 0 aliphatic rings. The lowest BCUT2D eigenvalue weighted by molar-refractivity contribution is -0.141. The Kier molecular flexibility index (Phi) is 20.1. The predicted octanol–water partition coefficient (Wildman–Crippen LogP) is 4.79. The minimum absolute atomic E-state index is 0.266. The molecule has 0 aliphatic heterocycles. The summed E-state index contributed by atoms with van der Waals surface area (Å²) in [6.07, 6.45) is 9.84. The van der Waals surface area contributed by atoms with E-state index in [9.17, 15) is 19.2 Å². The van der Waals surface area contributed by atoms with Crippen LogP contribution in [0.1, 0.15) is 40.5 Å². The fourth-order valence-corrected chi connectivity index (χ4v) is 10.8. The molecule has 11 heteroatoms. The summed E-state index contributed by atoms with van der Waals surface area (Å²) >= 11 is 0. The SMILES string of the molecule is CC(=O)OCCP(CCCP(CCCP(CCOC(C)=O)CCOC(C)=O)c1ccccc1)CCOC(C)=O. The van der Waals surface area contributed by atoms with Gasteiger partial charge in [0.25, 0.3) is 0 Å². The molecule has 0 fully saturated rings. The third-order valence-electron chi connectivity index (χ3n) is 5.78. The van der Waals surface area contributed by atoms with Crippen LogP contribution in [0.5, 0.6) is 0 Å². The molecule has 0 aliphatic carbocycles. The summed E-state index contributed by atoms with van der Waals surface area (Å²) in [5.74, 6) is -1.06. The summed E-state index contributed by atoms with van der Waals surface area (Å²) in [5.41, 5.74) is 0. The van der Waals surface area contributed by atoms with Crippen LogP contribution in [0.25, 0.3) is 0 Å². The van der Waals surface area contributed by atoms with Crippen molar-refractivity contribution in [1.29, 1.82) is 0 Å². The molecule has 0 atom stereocenters. The summed E-state index contributed by atoms with van der Waals surface area (Å²) < 4.78 is 20.7. The Morgan fingerprint density at radius 3 is 1.15 bits per heavy atom. The second-order valence-electron chi connectivity index (χ2n) is 9.07. The first-order valence-corrected chi connectivity index (χ1v) is 19.0. The highest BCUT2D eigenvalue weighted by molar-refractivity contribution is 7.65. The van der Waals surface area contributed by atoms with Crippen molar-refractivity contribution in [1.82, 2.24) is 0 Å². The summed E-state index contributed by atoms with van der Waals surface area (Å²) in [4.78, 5) is 44.8. The van der Waals surface area contributed by atoms with Gasteiger partial charge in [0.1, 0.15) is 0 Å². The zero-order chi connectivity index (χ0) is 28.9. The zero-order valence-electron chi connectivity index (χ0n) is 23.9. The van der Waals surface area contributed by atoms with Gasteiger partial charge < -0.3 is 18.9 Å². The topological polar surface area (TPSA) is 105 Å². The van der Waals surface area contributed by atoms with Gasteiger partial charge in [-0.25, -0.2) is 0 Å². The van der Waals surface area contributed by atoms with Gasteiger partial charge in [0.2, 0.25) is 0 Å². The lowest BCUT2D eigenvalue weighted by atomic mass is 10.4. The van der Waals surface area contributed by atoms with E-state index in [1.807, 2.05) is 6.07 Å². The minimum Gasteiger partial charge on any atom is -0.466 e. The number of hydrogen-bond donors (Lipinski definition) is 0. The Balaban J connectivity index is 2.68. The minimum atomic E-state index is -0.393. The molecule has 1 aromatic rings. The lowest BCUT2D eigenvalue weighted by Gasteiger charge is -2.23. The molecule has 0 spiro atoms. The Morgan fingerprint density at radius 2 is 0.846 bits per heavy atom. The van der Waals surface area contributed by atoms with E-state index in [0.29, 0.717) is 26.4 Å². The van der Waals surface area contributed by atoms with Gasteiger partial charge in [0.15, 0.2) is 0 Å². The third kappa shape index (κ3) is 20.0. The molecule has 0 radical (unpaired) electrons.